The highest BCUT2D eigenvalue weighted by atomic mass is 35.5. The molecule has 4 nitrogen and oxygen atoms in total. The maximum Gasteiger partial charge on any atom is 0.261 e. The number of halogens is 2. The molecule has 8 heteroatoms. The van der Waals surface area contributed by atoms with Crippen LogP contribution in [0.25, 0.3) is 0 Å². The number of rotatable bonds is 4. The van der Waals surface area contributed by atoms with Crippen LogP contribution in [-0.4, -0.2) is 13.4 Å². The first-order valence-corrected chi connectivity index (χ1v) is 7.94. The van der Waals surface area contributed by atoms with Gasteiger partial charge in [0.2, 0.25) is 0 Å². The second-order valence-electron chi connectivity index (χ2n) is 4.12. The summed E-state index contributed by atoms with van der Waals surface area (Å²) < 4.78 is 40.2. The molecule has 0 aromatic heterocycles. The fourth-order valence-corrected chi connectivity index (χ4v) is 3.13. The Labute approximate surface area is 131 Å². The zero-order chi connectivity index (χ0) is 15.6. The molecule has 110 valence electrons. The molecule has 0 bridgehead atoms. The molecule has 0 heterocycles. The first-order chi connectivity index (χ1) is 9.79. The van der Waals surface area contributed by atoms with E-state index in [0.29, 0.717) is 5.02 Å². The summed E-state index contributed by atoms with van der Waals surface area (Å²) in [5, 5.41) is 0.292. The number of benzene rings is 2. The van der Waals surface area contributed by atoms with Crippen LogP contribution in [0.2, 0.25) is 5.02 Å². The number of thiocarbonyl (C=S) groups is 1. The Morgan fingerprint density at radius 2 is 1.95 bits per heavy atom. The van der Waals surface area contributed by atoms with Crippen LogP contribution in [0.3, 0.4) is 0 Å². The lowest BCUT2D eigenvalue weighted by Gasteiger charge is -2.10. The van der Waals surface area contributed by atoms with Crippen molar-refractivity contribution in [3.63, 3.8) is 0 Å². The van der Waals surface area contributed by atoms with Gasteiger partial charge in [-0.3, -0.25) is 4.72 Å². The molecule has 0 radical (unpaired) electrons. The molecule has 0 spiro atoms. The molecular formula is C13H10ClFN2O2S2. The zero-order valence-electron chi connectivity index (χ0n) is 10.5. The molecule has 0 aliphatic rings. The number of anilines is 1. The standard InChI is InChI=1S/C13H10ClFN2O2S2/c14-8-2-1-3-10(6-8)21(18,19)17-9-4-5-12(15)11(7-9)13(16)20/h1-7,17H,(H2,16,20). The van der Waals surface area contributed by atoms with E-state index in [1.807, 2.05) is 0 Å². The van der Waals surface area contributed by atoms with Crippen LogP contribution in [0.1, 0.15) is 5.56 Å². The third-order valence-corrected chi connectivity index (χ3v) is 4.42. The summed E-state index contributed by atoms with van der Waals surface area (Å²) in [7, 11) is -3.83. The van der Waals surface area contributed by atoms with E-state index in [2.05, 4.69) is 4.72 Å². The molecule has 0 aliphatic heterocycles. The van der Waals surface area contributed by atoms with Crippen molar-refractivity contribution in [1.29, 1.82) is 0 Å². The minimum atomic E-state index is -3.83. The first-order valence-electron chi connectivity index (χ1n) is 5.67. The molecule has 0 unspecified atom stereocenters. The Hall–Kier alpha value is -1.70. The summed E-state index contributed by atoms with van der Waals surface area (Å²) in [6.45, 7) is 0. The van der Waals surface area contributed by atoms with Crippen LogP contribution in [0.4, 0.5) is 10.1 Å². The summed E-state index contributed by atoms with van der Waals surface area (Å²) in [6.07, 6.45) is 0. The zero-order valence-corrected chi connectivity index (χ0v) is 12.9. The summed E-state index contributed by atoms with van der Waals surface area (Å²) in [4.78, 5) is -0.160. The van der Waals surface area contributed by atoms with Crippen molar-refractivity contribution in [2.24, 2.45) is 5.73 Å². The molecule has 0 saturated carbocycles. The molecule has 3 N–H and O–H groups in total. The molecular weight excluding hydrogens is 335 g/mol. The smallest absolute Gasteiger partial charge is 0.261 e. The quantitative estimate of drug-likeness (QED) is 0.836. The topological polar surface area (TPSA) is 72.2 Å². The Bertz CT molecular complexity index is 810. The first kappa shape index (κ1) is 15.7. The van der Waals surface area contributed by atoms with Crippen molar-refractivity contribution < 1.29 is 12.8 Å². The van der Waals surface area contributed by atoms with Crippen molar-refractivity contribution in [3.8, 4) is 0 Å². The van der Waals surface area contributed by atoms with Gasteiger partial charge < -0.3 is 5.73 Å². The van der Waals surface area contributed by atoms with Gasteiger partial charge in [-0.05, 0) is 36.4 Å². The largest absolute Gasteiger partial charge is 0.389 e. The van der Waals surface area contributed by atoms with Gasteiger partial charge in [0.1, 0.15) is 10.8 Å². The maximum absolute atomic E-state index is 13.5. The van der Waals surface area contributed by atoms with Gasteiger partial charge in [-0.15, -0.1) is 0 Å². The summed E-state index contributed by atoms with van der Waals surface area (Å²) in [5.74, 6) is -0.617. The van der Waals surface area contributed by atoms with Gasteiger partial charge in [0.25, 0.3) is 10.0 Å². The molecule has 21 heavy (non-hydrogen) atoms. The van der Waals surface area contributed by atoms with Crippen molar-refractivity contribution in [3.05, 3.63) is 58.9 Å². The van der Waals surface area contributed by atoms with Crippen LogP contribution >= 0.6 is 23.8 Å². The Morgan fingerprint density at radius 3 is 2.57 bits per heavy atom. The van der Waals surface area contributed by atoms with Crippen LogP contribution in [0.5, 0.6) is 0 Å². The average molecular weight is 345 g/mol. The van der Waals surface area contributed by atoms with Gasteiger partial charge in [-0.25, -0.2) is 12.8 Å². The maximum atomic E-state index is 13.5. The molecule has 2 aromatic carbocycles. The van der Waals surface area contributed by atoms with Crippen LogP contribution in [-0.2, 0) is 10.0 Å². The van der Waals surface area contributed by atoms with Crippen molar-refractivity contribution in [2.45, 2.75) is 4.90 Å². The van der Waals surface area contributed by atoms with Gasteiger partial charge in [-0.2, -0.15) is 0 Å². The highest BCUT2D eigenvalue weighted by Gasteiger charge is 2.16. The number of hydrogen-bond acceptors (Lipinski definition) is 3. The SMILES string of the molecule is NC(=S)c1cc(NS(=O)(=O)c2cccc(Cl)c2)ccc1F. The highest BCUT2D eigenvalue weighted by Crippen LogP contribution is 2.21. The third kappa shape index (κ3) is 3.69. The second-order valence-corrected chi connectivity index (χ2v) is 6.68. The summed E-state index contributed by atoms with van der Waals surface area (Å²) in [5.41, 5.74) is 5.50. The fourth-order valence-electron chi connectivity index (χ4n) is 1.63. The highest BCUT2D eigenvalue weighted by molar-refractivity contribution is 7.92. The van der Waals surface area contributed by atoms with Crippen molar-refractivity contribution >= 4 is 44.5 Å². The van der Waals surface area contributed by atoms with E-state index in [1.54, 1.807) is 6.07 Å². The average Bonchev–Trinajstić information content (AvgIpc) is 2.40. The molecule has 0 saturated heterocycles. The minimum absolute atomic E-state index is 0.00352. The Kier molecular flexibility index (Phi) is 4.46. The monoisotopic (exact) mass is 344 g/mol. The summed E-state index contributed by atoms with van der Waals surface area (Å²) >= 11 is 10.5. The van der Waals surface area contributed by atoms with E-state index >= 15 is 0 Å². The molecule has 0 amide bonds. The molecule has 0 fully saturated rings. The lowest BCUT2D eigenvalue weighted by atomic mass is 10.2. The Morgan fingerprint density at radius 1 is 1.24 bits per heavy atom. The number of sulfonamides is 1. The predicted molar refractivity (Wildman–Crippen MR) is 84.5 cm³/mol. The molecule has 0 atom stereocenters. The van der Waals surface area contributed by atoms with E-state index in [1.165, 1.54) is 30.3 Å². The normalized spacial score (nSPS) is 11.1. The van der Waals surface area contributed by atoms with E-state index in [4.69, 9.17) is 29.6 Å². The lowest BCUT2D eigenvalue weighted by molar-refractivity contribution is 0.601. The van der Waals surface area contributed by atoms with Gasteiger partial charge in [0.15, 0.2) is 0 Å². The van der Waals surface area contributed by atoms with Crippen LogP contribution < -0.4 is 10.5 Å². The van der Waals surface area contributed by atoms with Gasteiger partial charge in [0.05, 0.1) is 4.90 Å². The fraction of sp³-hybridized carbons (Fsp3) is 0. The second kappa shape index (κ2) is 5.97. The minimum Gasteiger partial charge on any atom is -0.389 e. The van der Waals surface area contributed by atoms with E-state index < -0.39 is 15.8 Å². The van der Waals surface area contributed by atoms with E-state index in [-0.39, 0.29) is 21.1 Å². The number of nitrogens with two attached hydrogens (primary N) is 1. The summed E-state index contributed by atoms with van der Waals surface area (Å²) in [6, 6.07) is 9.38. The predicted octanol–water partition coefficient (Wildman–Crippen LogP) is 2.91. The van der Waals surface area contributed by atoms with Gasteiger partial charge >= 0.3 is 0 Å². The van der Waals surface area contributed by atoms with Crippen LogP contribution in [0.15, 0.2) is 47.4 Å². The number of hydrogen-bond donors (Lipinski definition) is 2. The van der Waals surface area contributed by atoms with Crippen LogP contribution in [0, 0.1) is 5.82 Å². The van der Waals surface area contributed by atoms with E-state index in [0.717, 1.165) is 6.07 Å². The molecule has 2 aromatic rings. The van der Waals surface area contributed by atoms with E-state index in [9.17, 15) is 12.8 Å². The third-order valence-electron chi connectivity index (χ3n) is 2.59. The van der Waals surface area contributed by atoms with Crippen molar-refractivity contribution in [1.82, 2.24) is 0 Å². The molecule has 2 rings (SSSR count). The van der Waals surface area contributed by atoms with Gasteiger partial charge in [0, 0.05) is 16.3 Å². The number of nitrogens with one attached hydrogen (secondary N) is 1. The van der Waals surface area contributed by atoms with Crippen molar-refractivity contribution in [2.75, 3.05) is 4.72 Å². The molecule has 0 aliphatic carbocycles. The van der Waals surface area contributed by atoms with Gasteiger partial charge in [-0.1, -0.05) is 29.9 Å². The Balaban J connectivity index is 2.37. The lowest BCUT2D eigenvalue weighted by Crippen LogP contribution is -2.15.